The van der Waals surface area contributed by atoms with Crippen molar-refractivity contribution in [2.45, 2.75) is 18.7 Å². The molecule has 1 heterocycles. The van der Waals surface area contributed by atoms with Gasteiger partial charge >= 0.3 is 6.18 Å². The number of ether oxygens (including phenoxy) is 1. The van der Waals surface area contributed by atoms with E-state index in [1.165, 1.54) is 6.07 Å². The monoisotopic (exact) mass is 258 g/mol. The van der Waals surface area contributed by atoms with Crippen LogP contribution in [-0.2, 0) is 10.9 Å². The van der Waals surface area contributed by atoms with Crippen molar-refractivity contribution in [3.8, 4) is 0 Å². The maximum absolute atomic E-state index is 12.6. The summed E-state index contributed by atoms with van der Waals surface area (Å²) in [5.41, 5.74) is 5.18. The summed E-state index contributed by atoms with van der Waals surface area (Å²) in [7, 11) is 0. The molecule has 2 N–H and O–H groups in total. The van der Waals surface area contributed by atoms with E-state index < -0.39 is 17.8 Å². The lowest BCUT2D eigenvalue weighted by molar-refractivity contribution is -0.137. The first kappa shape index (κ1) is 12.9. The maximum atomic E-state index is 12.6. The van der Waals surface area contributed by atoms with Crippen LogP contribution in [0.1, 0.15) is 23.7 Å². The van der Waals surface area contributed by atoms with Gasteiger partial charge in [0.05, 0.1) is 12.1 Å². The number of halogens is 3. The van der Waals surface area contributed by atoms with Crippen LogP contribution < -0.4 is 5.73 Å². The van der Waals surface area contributed by atoms with E-state index in [-0.39, 0.29) is 0 Å². The molecule has 2 rings (SSSR count). The number of hydrogen-bond donors (Lipinski definition) is 1. The van der Waals surface area contributed by atoms with E-state index in [1.807, 2.05) is 0 Å². The Morgan fingerprint density at radius 2 is 2.17 bits per heavy atom. The number of hydrogen-bond acceptors (Lipinski definition) is 3. The Labute approximate surface area is 102 Å². The molecule has 0 aliphatic carbocycles. The summed E-state index contributed by atoms with van der Waals surface area (Å²) in [4.78, 5) is 4.11. The van der Waals surface area contributed by atoms with Crippen molar-refractivity contribution in [2.24, 2.45) is 10.7 Å². The quantitative estimate of drug-likeness (QED) is 0.905. The van der Waals surface area contributed by atoms with Gasteiger partial charge in [0.25, 0.3) is 0 Å². The van der Waals surface area contributed by atoms with Gasteiger partial charge in [0.15, 0.2) is 5.90 Å². The lowest BCUT2D eigenvalue weighted by Gasteiger charge is -2.13. The van der Waals surface area contributed by atoms with Gasteiger partial charge in [-0.05, 0) is 17.7 Å². The summed E-state index contributed by atoms with van der Waals surface area (Å²) in [5.74, 6) is 0.514. The molecule has 1 unspecified atom stereocenters. The van der Waals surface area contributed by atoms with Crippen LogP contribution >= 0.6 is 0 Å². The van der Waals surface area contributed by atoms with Crippen LogP contribution in [0.2, 0.25) is 0 Å². The molecule has 1 aliphatic rings. The number of alkyl halides is 3. The molecule has 18 heavy (non-hydrogen) atoms. The van der Waals surface area contributed by atoms with Crippen LogP contribution in [0.25, 0.3) is 0 Å². The first-order chi connectivity index (χ1) is 8.50. The van der Waals surface area contributed by atoms with E-state index in [4.69, 9.17) is 10.5 Å². The summed E-state index contributed by atoms with van der Waals surface area (Å²) in [6, 6.07) is 5.13. The molecule has 1 aromatic carbocycles. The highest BCUT2D eigenvalue weighted by atomic mass is 19.4. The minimum atomic E-state index is -4.34. The van der Waals surface area contributed by atoms with Gasteiger partial charge in [-0.15, -0.1) is 0 Å². The predicted molar refractivity (Wildman–Crippen MR) is 61.2 cm³/mol. The van der Waals surface area contributed by atoms with Crippen molar-refractivity contribution in [3.05, 3.63) is 35.4 Å². The Balaban J connectivity index is 2.12. The van der Waals surface area contributed by atoms with Crippen LogP contribution in [0, 0.1) is 0 Å². The average Bonchev–Trinajstić information content (AvgIpc) is 2.77. The molecular formula is C12H13F3N2O. The van der Waals surface area contributed by atoms with Crippen LogP contribution in [0.3, 0.4) is 0 Å². The second-order valence-corrected chi connectivity index (χ2v) is 4.00. The van der Waals surface area contributed by atoms with E-state index in [0.29, 0.717) is 31.0 Å². The highest BCUT2D eigenvalue weighted by Crippen LogP contribution is 2.32. The maximum Gasteiger partial charge on any atom is 0.416 e. The molecule has 98 valence electrons. The predicted octanol–water partition coefficient (Wildman–Crippen LogP) is 2.52. The van der Waals surface area contributed by atoms with E-state index in [1.54, 1.807) is 6.07 Å². The van der Waals surface area contributed by atoms with Gasteiger partial charge in [-0.1, -0.05) is 12.1 Å². The van der Waals surface area contributed by atoms with Gasteiger partial charge in [-0.3, -0.25) is 4.99 Å². The van der Waals surface area contributed by atoms with E-state index in [0.717, 1.165) is 12.1 Å². The van der Waals surface area contributed by atoms with Crippen molar-refractivity contribution in [3.63, 3.8) is 0 Å². The van der Waals surface area contributed by atoms with Gasteiger partial charge < -0.3 is 10.5 Å². The molecule has 0 saturated heterocycles. The number of aliphatic imine (C=N–C) groups is 1. The number of nitrogens with zero attached hydrogens (tertiary/aromatic N) is 1. The third kappa shape index (κ3) is 2.81. The fraction of sp³-hybridized carbons (Fsp3) is 0.417. The third-order valence-corrected chi connectivity index (χ3v) is 2.66. The second-order valence-electron chi connectivity index (χ2n) is 4.00. The summed E-state index contributed by atoms with van der Waals surface area (Å²) >= 11 is 0. The largest absolute Gasteiger partial charge is 0.471 e. The van der Waals surface area contributed by atoms with Crippen molar-refractivity contribution in [2.75, 3.05) is 13.1 Å². The lowest BCUT2D eigenvalue weighted by atomic mass is 10.1. The highest BCUT2D eigenvalue weighted by molar-refractivity contribution is 5.78. The van der Waals surface area contributed by atoms with E-state index in [2.05, 4.69) is 4.99 Å². The van der Waals surface area contributed by atoms with Gasteiger partial charge in [-0.25, -0.2) is 0 Å². The van der Waals surface area contributed by atoms with Gasteiger partial charge in [0.2, 0.25) is 0 Å². The molecule has 0 aromatic heterocycles. The first-order valence-electron chi connectivity index (χ1n) is 5.58. The molecule has 3 nitrogen and oxygen atoms in total. The lowest BCUT2D eigenvalue weighted by Crippen LogP contribution is -2.11. The Morgan fingerprint density at radius 1 is 1.39 bits per heavy atom. The Hall–Kier alpha value is -1.56. The minimum absolute atomic E-state index is 0.344. The molecule has 1 atom stereocenters. The SMILES string of the molecule is NCCC1=NCC(c2cccc(C(F)(F)F)c2)O1. The topological polar surface area (TPSA) is 47.6 Å². The number of rotatable bonds is 3. The molecule has 0 radical (unpaired) electrons. The van der Waals surface area contributed by atoms with Crippen molar-refractivity contribution >= 4 is 5.90 Å². The van der Waals surface area contributed by atoms with Crippen LogP contribution in [0.4, 0.5) is 13.2 Å². The molecule has 0 fully saturated rings. The van der Waals surface area contributed by atoms with Crippen LogP contribution in [-0.4, -0.2) is 19.0 Å². The van der Waals surface area contributed by atoms with Crippen LogP contribution in [0.5, 0.6) is 0 Å². The highest BCUT2D eigenvalue weighted by Gasteiger charge is 2.31. The molecule has 6 heteroatoms. The van der Waals surface area contributed by atoms with Gasteiger partial charge in [-0.2, -0.15) is 13.2 Å². The Morgan fingerprint density at radius 3 is 2.83 bits per heavy atom. The van der Waals surface area contributed by atoms with Gasteiger partial charge in [0, 0.05) is 13.0 Å². The fourth-order valence-electron chi connectivity index (χ4n) is 1.77. The zero-order valence-corrected chi connectivity index (χ0v) is 9.57. The summed E-state index contributed by atoms with van der Waals surface area (Å²) in [5, 5.41) is 0. The van der Waals surface area contributed by atoms with E-state index >= 15 is 0 Å². The minimum Gasteiger partial charge on any atom is -0.471 e. The first-order valence-corrected chi connectivity index (χ1v) is 5.58. The molecule has 1 aromatic rings. The summed E-state index contributed by atoms with van der Waals surface area (Å²) in [6.07, 6.45) is -4.26. The summed E-state index contributed by atoms with van der Waals surface area (Å²) < 4.78 is 43.2. The Kier molecular flexibility index (Phi) is 3.56. The van der Waals surface area contributed by atoms with E-state index in [9.17, 15) is 13.2 Å². The zero-order valence-electron chi connectivity index (χ0n) is 9.57. The van der Waals surface area contributed by atoms with Crippen LogP contribution in [0.15, 0.2) is 29.3 Å². The molecule has 0 spiro atoms. The average molecular weight is 258 g/mol. The molecule has 0 saturated carbocycles. The van der Waals surface area contributed by atoms with Crippen molar-refractivity contribution in [1.82, 2.24) is 0 Å². The number of benzene rings is 1. The number of nitrogens with two attached hydrogens (primary N) is 1. The molecular weight excluding hydrogens is 245 g/mol. The zero-order chi connectivity index (χ0) is 13.2. The fourth-order valence-corrected chi connectivity index (χ4v) is 1.77. The third-order valence-electron chi connectivity index (χ3n) is 2.66. The second kappa shape index (κ2) is 4.97. The van der Waals surface area contributed by atoms with Gasteiger partial charge in [0.1, 0.15) is 6.10 Å². The smallest absolute Gasteiger partial charge is 0.416 e. The normalized spacial score (nSPS) is 19.6. The summed E-state index contributed by atoms with van der Waals surface area (Å²) in [6.45, 7) is 0.755. The van der Waals surface area contributed by atoms with Crippen molar-refractivity contribution in [1.29, 1.82) is 0 Å². The molecule has 1 aliphatic heterocycles. The molecule has 0 amide bonds. The van der Waals surface area contributed by atoms with Crippen molar-refractivity contribution < 1.29 is 17.9 Å². The molecule has 0 bridgehead atoms. The Bertz CT molecular complexity index is 457. The standard InChI is InChI=1S/C12H13F3N2O/c13-12(14,15)9-3-1-2-8(6-9)10-7-17-11(18-10)4-5-16/h1-3,6,10H,4-5,7,16H2.